The summed E-state index contributed by atoms with van der Waals surface area (Å²) < 4.78 is 11.3. The summed E-state index contributed by atoms with van der Waals surface area (Å²) in [5, 5.41) is 10.1. The van der Waals surface area contributed by atoms with Crippen molar-refractivity contribution in [3.8, 4) is 0 Å². The summed E-state index contributed by atoms with van der Waals surface area (Å²) >= 11 is 0. The molecule has 0 aromatic rings. The number of hydrogen-bond acceptors (Lipinski definition) is 4. The fourth-order valence-corrected chi connectivity index (χ4v) is 7.77. The smallest absolute Gasteiger partial charge is 0.434 e. The Morgan fingerprint density at radius 2 is 1.90 bits per heavy atom. The Kier molecular flexibility index (Phi) is 6.53. The van der Waals surface area contributed by atoms with Crippen molar-refractivity contribution in [1.29, 1.82) is 0 Å². The average Bonchev–Trinajstić information content (AvgIpc) is 3.04. The van der Waals surface area contributed by atoms with Gasteiger partial charge in [-0.1, -0.05) is 52.2 Å². The van der Waals surface area contributed by atoms with Gasteiger partial charge in [0.2, 0.25) is 0 Å². The van der Waals surface area contributed by atoms with Crippen LogP contribution in [0.4, 0.5) is 4.79 Å². The van der Waals surface area contributed by atoms with Crippen molar-refractivity contribution in [3.05, 3.63) is 12.2 Å². The second-order valence-electron chi connectivity index (χ2n) is 11.1. The van der Waals surface area contributed by atoms with E-state index < -0.39 is 6.16 Å². The molecule has 170 valence electrons. The van der Waals surface area contributed by atoms with Gasteiger partial charge < -0.3 is 14.6 Å². The zero-order valence-corrected chi connectivity index (χ0v) is 19.3. The van der Waals surface area contributed by atoms with E-state index in [0.717, 1.165) is 32.1 Å². The van der Waals surface area contributed by atoms with Gasteiger partial charge in [-0.15, -0.1) is 0 Å². The van der Waals surface area contributed by atoms with Crippen LogP contribution in [0.2, 0.25) is 0 Å². The van der Waals surface area contributed by atoms with E-state index in [0.29, 0.717) is 30.3 Å². The molecule has 1 N–H and O–H groups in total. The van der Waals surface area contributed by atoms with Gasteiger partial charge in [0.05, 0.1) is 12.7 Å². The molecular weight excluding hydrogens is 376 g/mol. The molecule has 0 unspecified atom stereocenters. The monoisotopic (exact) mass is 418 g/mol. The van der Waals surface area contributed by atoms with Gasteiger partial charge >= 0.3 is 6.16 Å². The molecule has 0 saturated heterocycles. The minimum Gasteiger partial charge on any atom is -0.434 e. The van der Waals surface area contributed by atoms with Gasteiger partial charge in [-0.2, -0.15) is 0 Å². The molecular formula is C26H42O4. The highest BCUT2D eigenvalue weighted by Gasteiger charge is 2.60. The molecule has 3 fully saturated rings. The molecule has 30 heavy (non-hydrogen) atoms. The first kappa shape index (κ1) is 22.2. The molecule has 0 aliphatic heterocycles. The Balaban J connectivity index is 1.38. The maximum absolute atomic E-state index is 12.3. The molecule has 8 atom stereocenters. The maximum atomic E-state index is 12.3. The minimum atomic E-state index is -0.458. The molecule has 0 heterocycles. The maximum Gasteiger partial charge on any atom is 0.508 e. The number of aliphatic hydroxyl groups is 1. The number of hydrogen-bond donors (Lipinski definition) is 1. The van der Waals surface area contributed by atoms with Crippen LogP contribution in [0.1, 0.15) is 91.4 Å². The van der Waals surface area contributed by atoms with E-state index in [4.69, 9.17) is 9.47 Å². The Morgan fingerprint density at radius 1 is 1.07 bits per heavy atom. The summed E-state index contributed by atoms with van der Waals surface area (Å²) in [7, 11) is 0. The fraction of sp³-hybridized carbons (Fsp3) is 0.885. The van der Waals surface area contributed by atoms with Crippen LogP contribution < -0.4 is 0 Å². The van der Waals surface area contributed by atoms with Crippen LogP contribution in [0.15, 0.2) is 12.2 Å². The van der Waals surface area contributed by atoms with Gasteiger partial charge in [0, 0.05) is 5.41 Å². The van der Waals surface area contributed by atoms with Gasteiger partial charge in [-0.05, 0) is 80.5 Å². The molecule has 4 aliphatic rings. The van der Waals surface area contributed by atoms with E-state index in [-0.39, 0.29) is 23.0 Å². The molecule has 4 nitrogen and oxygen atoms in total. The lowest BCUT2D eigenvalue weighted by Crippen LogP contribution is -2.53. The first-order chi connectivity index (χ1) is 14.4. The van der Waals surface area contributed by atoms with E-state index in [1.165, 1.54) is 38.5 Å². The van der Waals surface area contributed by atoms with E-state index in [2.05, 4.69) is 26.8 Å². The van der Waals surface area contributed by atoms with Crippen LogP contribution in [-0.4, -0.2) is 30.1 Å². The summed E-state index contributed by atoms with van der Waals surface area (Å²) in [4.78, 5) is 12.3. The van der Waals surface area contributed by atoms with Gasteiger partial charge in [0.1, 0.15) is 6.10 Å². The van der Waals surface area contributed by atoms with Crippen LogP contribution in [0.3, 0.4) is 0 Å². The third-order valence-electron chi connectivity index (χ3n) is 9.54. The number of aliphatic hydroxyl groups excluding tert-OH is 1. The summed E-state index contributed by atoms with van der Waals surface area (Å²) in [6.45, 7) is 7.48. The van der Waals surface area contributed by atoms with Crippen LogP contribution in [0, 0.1) is 34.5 Å². The molecule has 4 heteroatoms. The van der Waals surface area contributed by atoms with E-state index in [1.807, 2.05) is 6.08 Å². The predicted molar refractivity (Wildman–Crippen MR) is 118 cm³/mol. The molecule has 0 bridgehead atoms. The average molecular weight is 419 g/mol. The van der Waals surface area contributed by atoms with Crippen LogP contribution in [0.5, 0.6) is 0 Å². The SMILES string of the molecule is CCCCCCOC(=O)O[C@H]1CC[C@H]2[C@@H]3CC[C@H]4C[C@H](O)C=C[C@]4(C)[C@H]3CC[C@]12C. The number of carbonyl (C=O) groups excluding carboxylic acids is 1. The zero-order chi connectivity index (χ0) is 21.4. The van der Waals surface area contributed by atoms with E-state index >= 15 is 0 Å². The molecule has 3 saturated carbocycles. The van der Waals surface area contributed by atoms with Crippen molar-refractivity contribution in [2.75, 3.05) is 6.61 Å². The minimum absolute atomic E-state index is 0.000779. The number of allylic oxidation sites excluding steroid dienone is 1. The Morgan fingerprint density at radius 3 is 2.70 bits per heavy atom. The van der Waals surface area contributed by atoms with Crippen molar-refractivity contribution in [2.24, 2.45) is 34.5 Å². The van der Waals surface area contributed by atoms with Crippen molar-refractivity contribution in [2.45, 2.75) is 104 Å². The zero-order valence-electron chi connectivity index (χ0n) is 19.3. The molecule has 0 amide bonds. The molecule has 0 radical (unpaired) electrons. The van der Waals surface area contributed by atoms with Gasteiger partial charge in [-0.25, -0.2) is 4.79 Å². The van der Waals surface area contributed by atoms with Crippen LogP contribution in [-0.2, 0) is 9.47 Å². The Hall–Kier alpha value is -1.03. The molecule has 0 aromatic carbocycles. The van der Waals surface area contributed by atoms with Gasteiger partial charge in [-0.3, -0.25) is 0 Å². The normalized spacial score (nSPS) is 44.7. The first-order valence-corrected chi connectivity index (χ1v) is 12.6. The molecule has 4 rings (SSSR count). The summed E-state index contributed by atoms with van der Waals surface area (Å²) in [6, 6.07) is 0. The quantitative estimate of drug-likeness (QED) is 0.314. The van der Waals surface area contributed by atoms with Crippen LogP contribution in [0.25, 0.3) is 0 Å². The lowest BCUT2D eigenvalue weighted by molar-refractivity contribution is -0.107. The number of fused-ring (bicyclic) bond motifs is 5. The van der Waals surface area contributed by atoms with Gasteiger partial charge in [0.15, 0.2) is 0 Å². The first-order valence-electron chi connectivity index (χ1n) is 12.6. The number of carbonyl (C=O) groups is 1. The summed E-state index contributed by atoms with van der Waals surface area (Å²) in [6.07, 6.45) is 16.0. The lowest BCUT2D eigenvalue weighted by Gasteiger charge is -2.59. The van der Waals surface area contributed by atoms with Gasteiger partial charge in [0.25, 0.3) is 0 Å². The predicted octanol–water partition coefficient (Wildman–Crippen LogP) is 6.27. The molecule has 4 aliphatic carbocycles. The van der Waals surface area contributed by atoms with Crippen molar-refractivity contribution in [1.82, 2.24) is 0 Å². The number of rotatable bonds is 6. The van der Waals surface area contributed by atoms with E-state index in [1.54, 1.807) is 0 Å². The highest BCUT2D eigenvalue weighted by atomic mass is 16.7. The largest absolute Gasteiger partial charge is 0.508 e. The van der Waals surface area contributed by atoms with E-state index in [9.17, 15) is 9.90 Å². The van der Waals surface area contributed by atoms with Crippen molar-refractivity contribution in [3.63, 3.8) is 0 Å². The highest BCUT2D eigenvalue weighted by Crippen LogP contribution is 2.65. The summed E-state index contributed by atoms with van der Waals surface area (Å²) in [5.74, 6) is 2.65. The van der Waals surface area contributed by atoms with Crippen molar-refractivity contribution < 1.29 is 19.4 Å². The number of ether oxygens (including phenoxy) is 2. The Bertz CT molecular complexity index is 645. The number of unbranched alkanes of at least 4 members (excludes halogenated alkanes) is 3. The standard InChI is InChI=1S/C26H42O4/c1-4-5-6-7-16-29-24(28)30-23-11-10-21-20-9-8-18-17-19(27)12-14-25(18,2)22(20)13-15-26(21,23)3/h12,14,18-23,27H,4-11,13,15-17H2,1-3H3/t18-,19+,20-,21-,22-,23-,25-,26-/m0/s1. The second kappa shape index (κ2) is 8.84. The lowest BCUT2D eigenvalue weighted by atomic mass is 9.46. The van der Waals surface area contributed by atoms with Crippen LogP contribution >= 0.6 is 0 Å². The molecule has 0 spiro atoms. The van der Waals surface area contributed by atoms with Crippen molar-refractivity contribution >= 4 is 6.16 Å². The highest BCUT2D eigenvalue weighted by molar-refractivity contribution is 5.60. The third kappa shape index (κ3) is 3.94. The fourth-order valence-electron chi connectivity index (χ4n) is 7.77. The Labute approximate surface area is 182 Å². The summed E-state index contributed by atoms with van der Waals surface area (Å²) in [5.41, 5.74) is 0.309. The molecule has 0 aromatic heterocycles. The topological polar surface area (TPSA) is 55.8 Å². The second-order valence-corrected chi connectivity index (χ2v) is 11.1. The third-order valence-corrected chi connectivity index (χ3v) is 9.54.